The molecule has 7 heterocycles. The number of carbonyl (C=O) groups excluding carboxylic acids is 4. The van der Waals surface area contributed by atoms with Crippen molar-refractivity contribution in [2.75, 3.05) is 70.6 Å². The monoisotopic (exact) mass is 1560 g/mol. The number of nitrogens with one attached hydrogen (secondary N) is 2. The van der Waals surface area contributed by atoms with E-state index in [1.54, 1.807) is 24.4 Å². The van der Waals surface area contributed by atoms with Crippen molar-refractivity contribution in [1.82, 2.24) is 27.9 Å². The van der Waals surface area contributed by atoms with Crippen molar-refractivity contribution in [2.24, 2.45) is 35.0 Å². The summed E-state index contributed by atoms with van der Waals surface area (Å²) < 4.78 is 123. The number of thiazole rings is 1. The van der Waals surface area contributed by atoms with Gasteiger partial charge in [-0.05, 0) is 115 Å². The summed E-state index contributed by atoms with van der Waals surface area (Å²) >= 11 is 13.3. The molecule has 11 aromatic rings. The molecule has 2 fully saturated rings. The number of ketones is 1. The number of carbonyl (C=O) groups is 4. The molecular weight excluding hydrogens is 1480 g/mol. The normalized spacial score (nSPS) is 13.9. The van der Waals surface area contributed by atoms with Gasteiger partial charge < -0.3 is 46.4 Å². The first-order chi connectivity index (χ1) is 51.3. The average molecular weight is 1560 g/mol. The molecule has 0 saturated carbocycles. The Labute approximate surface area is 632 Å². The second kappa shape index (κ2) is 35.0. The molecule has 2 aliphatic rings. The number of thiophene rings is 1. The van der Waals surface area contributed by atoms with Crippen molar-refractivity contribution < 1.29 is 58.3 Å². The predicted octanol–water partition coefficient (Wildman–Crippen LogP) is 15.2. The Bertz CT molecular complexity index is 5140. The Hall–Kier alpha value is -9.49. The molecular formula is C78H78F7N11O6S5. The highest BCUT2D eigenvalue weighted by Crippen LogP contribution is 2.40. The quantitative estimate of drug-likeness (QED) is 0.0239. The Kier molecular flexibility index (Phi) is 25.7. The number of aromatic nitrogens is 4. The summed E-state index contributed by atoms with van der Waals surface area (Å²) in [6, 6.07) is 42.7. The molecule has 6 aromatic carbocycles. The van der Waals surface area contributed by atoms with Gasteiger partial charge in [0.1, 0.15) is 15.8 Å². The van der Waals surface area contributed by atoms with E-state index in [0.717, 1.165) is 106 Å². The fraction of sp³-hybridized carbons (Fsp3) is 0.295. The summed E-state index contributed by atoms with van der Waals surface area (Å²) in [5.74, 6) is -1.99. The van der Waals surface area contributed by atoms with Crippen LogP contribution in [0.3, 0.4) is 0 Å². The summed E-state index contributed by atoms with van der Waals surface area (Å²) in [4.78, 5) is 57.2. The van der Waals surface area contributed by atoms with Crippen LogP contribution in [0.15, 0.2) is 175 Å². The Morgan fingerprint density at radius 2 is 1.11 bits per heavy atom. The molecule has 13 rings (SSSR count). The van der Waals surface area contributed by atoms with Crippen LogP contribution in [-0.4, -0.2) is 135 Å². The summed E-state index contributed by atoms with van der Waals surface area (Å²) in [6.45, 7) is -1.59. The summed E-state index contributed by atoms with van der Waals surface area (Å²) in [5, 5.41) is 13.3. The van der Waals surface area contributed by atoms with Gasteiger partial charge in [0, 0.05) is 184 Å². The number of thiocarbonyl (C=S) groups is 2. The fourth-order valence-electron chi connectivity index (χ4n) is 13.3. The number of sulfonamides is 1. The van der Waals surface area contributed by atoms with Gasteiger partial charge in [-0.3, -0.25) is 36.7 Å². The van der Waals surface area contributed by atoms with Crippen LogP contribution in [0.25, 0.3) is 66.1 Å². The predicted molar refractivity (Wildman–Crippen MR) is 418 cm³/mol. The van der Waals surface area contributed by atoms with Gasteiger partial charge in [0.15, 0.2) is 0 Å². The zero-order valence-corrected chi connectivity index (χ0v) is 62.2. The zero-order valence-electron chi connectivity index (χ0n) is 58.1. The molecule has 107 heavy (non-hydrogen) atoms. The molecule has 8 N–H and O–H groups in total. The third kappa shape index (κ3) is 19.1. The van der Waals surface area contributed by atoms with E-state index in [4.69, 9.17) is 41.6 Å². The molecule has 17 nitrogen and oxygen atoms in total. The van der Waals surface area contributed by atoms with Crippen molar-refractivity contribution in [1.29, 1.82) is 0 Å². The van der Waals surface area contributed by atoms with Crippen molar-refractivity contribution in [3.63, 3.8) is 0 Å². The van der Waals surface area contributed by atoms with E-state index >= 15 is 0 Å². The number of rotatable bonds is 27. The maximum absolute atomic E-state index is 13.3. The smallest absolute Gasteiger partial charge is 0.389 e. The number of amides is 3. The topological polar surface area (TPSA) is 239 Å². The molecule has 0 unspecified atom stereocenters. The maximum Gasteiger partial charge on any atom is 0.511 e. The molecule has 3 amide bonds. The molecule has 29 heteroatoms. The van der Waals surface area contributed by atoms with Gasteiger partial charge in [-0.2, -0.15) is 17.5 Å². The molecule has 0 aliphatic carbocycles. The highest BCUT2D eigenvalue weighted by atomic mass is 32.2. The van der Waals surface area contributed by atoms with E-state index in [2.05, 4.69) is 20.5 Å². The highest BCUT2D eigenvalue weighted by Gasteiger charge is 2.50. The average Bonchev–Trinajstić information content (AvgIpc) is 1.65. The van der Waals surface area contributed by atoms with Crippen molar-refractivity contribution >= 4 is 135 Å². The first kappa shape index (κ1) is 78.6. The molecule has 0 bridgehead atoms. The largest absolute Gasteiger partial charge is 0.511 e. The molecule has 0 spiro atoms. The highest BCUT2D eigenvalue weighted by molar-refractivity contribution is 7.90. The number of hydrogen-bond acceptors (Lipinski definition) is 12. The molecule has 0 atom stereocenters. The lowest BCUT2D eigenvalue weighted by Gasteiger charge is -2.35. The SMILES string of the molecule is CN1CC(C(=O)CCc2ccc3c(-c4cccc(C(N)=O)c4)cn(C4CCN(S(=O)(=O)C(F)(F)F)CC4)c3c2)C1.NC(=S)c1cccc(-c2cn(CC(CF)CF)c3cc(NC(=O)CCc4nccs4)ccc23)c1.NC(=S)c1cccc(-c2cn(CC(CF)CF)c3cc(NC(=O)Cc4cccs4)ccc23)c1. The third-order valence-corrected chi connectivity index (χ3v) is 22.8. The molecule has 2 aliphatic heterocycles. The lowest BCUT2D eigenvalue weighted by atomic mass is 9.92. The number of nitrogens with two attached hydrogens (primary N) is 3. The number of alkyl halides is 7. The van der Waals surface area contributed by atoms with E-state index < -0.39 is 60.0 Å². The van der Waals surface area contributed by atoms with E-state index in [1.807, 2.05) is 171 Å². The van der Waals surface area contributed by atoms with E-state index in [0.29, 0.717) is 63.3 Å². The number of nitrogens with zero attached hydrogens (tertiary/aromatic N) is 6. The van der Waals surface area contributed by atoms with Gasteiger partial charge in [-0.25, -0.2) is 13.4 Å². The van der Waals surface area contributed by atoms with Crippen molar-refractivity contribution in [2.45, 2.75) is 69.6 Å². The van der Waals surface area contributed by atoms with Crippen molar-refractivity contribution in [3.8, 4) is 33.4 Å². The minimum atomic E-state index is -5.38. The lowest BCUT2D eigenvalue weighted by Crippen LogP contribution is -2.47. The van der Waals surface area contributed by atoms with Gasteiger partial charge in [-0.1, -0.05) is 103 Å². The Balaban J connectivity index is 0.000000161. The van der Waals surface area contributed by atoms with Crippen LogP contribution in [0.5, 0.6) is 0 Å². The first-order valence-corrected chi connectivity index (χ1v) is 38.4. The molecule has 2 saturated heterocycles. The first-order valence-electron chi connectivity index (χ1n) is 34.4. The van der Waals surface area contributed by atoms with Crippen LogP contribution < -0.4 is 27.8 Å². The van der Waals surface area contributed by atoms with Gasteiger partial charge >= 0.3 is 15.5 Å². The second-order valence-corrected chi connectivity index (χ2v) is 31.4. The van der Waals surface area contributed by atoms with Crippen LogP contribution in [0.4, 0.5) is 42.1 Å². The van der Waals surface area contributed by atoms with E-state index in [9.17, 15) is 58.3 Å². The fourth-order valence-corrected chi connectivity index (χ4v) is 15.9. The van der Waals surface area contributed by atoms with Gasteiger partial charge in [0.25, 0.3) is 0 Å². The molecule has 560 valence electrons. The minimum absolute atomic E-state index is 0.0693. The number of fused-ring (bicyclic) bond motifs is 3. The number of aryl methyl sites for hydroxylation is 2. The second-order valence-electron chi connectivity index (χ2n) is 26.6. The number of Topliss-reactive ketones (excluding diaryl/α,β-unsaturated/α-hetero) is 1. The van der Waals surface area contributed by atoms with Crippen LogP contribution in [-0.2, 0) is 56.8 Å². The standard InChI is InChI=1S/C28H31F3N4O4S.C25H24F2N4OS2.C25H23F2N3OS2/c1-33-15-21(16-33)26(36)8-6-18-5-7-23-24(19-3-2-4-20(14-19)27(32)37)17-35(25(23)13-18)22-9-11-34(12-10-22)40(38,39)28(29,30)31;26-12-16(13-27)14-31-15-21(17-2-1-3-18(10-17)25(28)33)20-5-4-19(11-22(20)31)30-23(32)6-7-24-29-8-9-34-24;26-12-16(13-27)14-30-15-22(17-3-1-4-18(9-17)25(28)32)21-7-6-19(10-23(21)30)29-24(31)11-20-5-2-8-33-20/h2-5,7,13-14,17,21-22H,6,8-12,15-16H2,1H3,(H2,32,37);1-5,8-11,15-16H,6-7,12-14H2,(H2,28,33)(H,30,32);1-10,15-16H,11-14H2,(H2,28,32)(H,29,31). The number of benzene rings is 6. The molecule has 5 aromatic heterocycles. The number of hydrogen-bond donors (Lipinski definition) is 5. The van der Waals surface area contributed by atoms with Crippen LogP contribution in [0.2, 0.25) is 0 Å². The number of likely N-dealkylation sites (tertiary alicyclic amines) is 1. The van der Waals surface area contributed by atoms with E-state index in [1.165, 1.54) is 22.7 Å². The van der Waals surface area contributed by atoms with Crippen LogP contribution >= 0.6 is 47.1 Å². The van der Waals surface area contributed by atoms with Gasteiger partial charge in [0.2, 0.25) is 17.7 Å². The summed E-state index contributed by atoms with van der Waals surface area (Å²) in [5.41, 5.74) is 23.4. The minimum Gasteiger partial charge on any atom is -0.389 e. The van der Waals surface area contributed by atoms with Crippen LogP contribution in [0, 0.1) is 17.8 Å². The van der Waals surface area contributed by atoms with Gasteiger partial charge in [0.05, 0.1) is 49.2 Å². The third-order valence-electron chi connectivity index (χ3n) is 19.0. The van der Waals surface area contributed by atoms with Crippen molar-refractivity contribution in [3.05, 3.63) is 207 Å². The maximum atomic E-state index is 13.3. The van der Waals surface area contributed by atoms with Gasteiger partial charge in [-0.15, -0.1) is 22.7 Å². The Morgan fingerprint density at radius 3 is 1.60 bits per heavy atom. The number of anilines is 2. The zero-order chi connectivity index (χ0) is 76.3. The van der Waals surface area contributed by atoms with E-state index in [-0.39, 0.29) is 68.6 Å². The summed E-state index contributed by atoms with van der Waals surface area (Å²) in [7, 11) is -3.41. The number of halogens is 7. The molecule has 0 radical (unpaired) electrons. The van der Waals surface area contributed by atoms with Crippen LogP contribution in [0.1, 0.15) is 68.7 Å². The lowest BCUT2D eigenvalue weighted by molar-refractivity contribution is -0.127. The summed E-state index contributed by atoms with van der Waals surface area (Å²) in [6.07, 6.45) is 9.97. The number of piperidine rings is 1. The number of primary amides is 1. The Morgan fingerprint density at radius 1 is 0.598 bits per heavy atom.